The summed E-state index contributed by atoms with van der Waals surface area (Å²) >= 11 is 12.1. The smallest absolute Gasteiger partial charge is 0.310 e. The van der Waals surface area contributed by atoms with Gasteiger partial charge in [0.25, 0.3) is 5.91 Å². The number of thiocarbonyl (C=S) groups is 1. The van der Waals surface area contributed by atoms with Crippen molar-refractivity contribution >= 4 is 69.8 Å². The van der Waals surface area contributed by atoms with Crippen molar-refractivity contribution in [1.82, 2.24) is 0 Å². The summed E-state index contributed by atoms with van der Waals surface area (Å²) in [5.41, 5.74) is 1.69. The van der Waals surface area contributed by atoms with Crippen molar-refractivity contribution in [2.45, 2.75) is 45.6 Å². The molecule has 1 aliphatic rings. The Bertz CT molecular complexity index is 1390. The number of carbonyl (C=O) groups is 4. The van der Waals surface area contributed by atoms with Gasteiger partial charge in [0, 0.05) is 16.4 Å². The van der Waals surface area contributed by atoms with Gasteiger partial charge in [0.05, 0.1) is 25.8 Å². The van der Waals surface area contributed by atoms with Gasteiger partial charge in [-0.3, -0.25) is 24.1 Å². The molecule has 0 spiro atoms. The molecule has 204 valence electrons. The summed E-state index contributed by atoms with van der Waals surface area (Å²) in [5.74, 6) is -2.68. The molecule has 3 rings (SSSR count). The van der Waals surface area contributed by atoms with Gasteiger partial charge in [-0.2, -0.15) is 0 Å². The second kappa shape index (κ2) is 12.2. The quantitative estimate of drug-likeness (QED) is 0.189. The van der Waals surface area contributed by atoms with Gasteiger partial charge in [-0.1, -0.05) is 17.7 Å². The van der Waals surface area contributed by atoms with Gasteiger partial charge in [0.15, 0.2) is 10.8 Å². The number of rotatable bonds is 10. The number of nitrogens with zero attached hydrogens (tertiary/aromatic N) is 3. The van der Waals surface area contributed by atoms with Gasteiger partial charge in [-0.25, -0.2) is 4.85 Å². The fraction of sp³-hybridized carbons (Fsp3) is 0.333. The topological polar surface area (TPSA) is 118 Å². The molecule has 10 nitrogen and oxygen atoms in total. The second-order valence-corrected chi connectivity index (χ2v) is 9.96. The van der Waals surface area contributed by atoms with Crippen LogP contribution in [0.2, 0.25) is 5.02 Å². The maximum atomic E-state index is 13.5. The normalized spacial score (nSPS) is 14.2. The number of aryl methyl sites for hydroxylation is 1. The Morgan fingerprint density at radius 1 is 1.05 bits per heavy atom. The molecular weight excluding hydrogens is 546 g/mol. The highest BCUT2D eigenvalue weighted by Crippen LogP contribution is 2.38. The second-order valence-electron chi connectivity index (χ2n) is 9.19. The third-order valence-electron chi connectivity index (χ3n) is 6.00. The lowest BCUT2D eigenvalue weighted by atomic mass is 10.0. The van der Waals surface area contributed by atoms with Gasteiger partial charge >= 0.3 is 17.9 Å². The van der Waals surface area contributed by atoms with Crippen LogP contribution < -0.4 is 9.80 Å². The van der Waals surface area contributed by atoms with E-state index in [0.717, 1.165) is 5.56 Å². The number of halogens is 1. The summed E-state index contributed by atoms with van der Waals surface area (Å²) in [4.78, 5) is 54.4. The highest BCUT2D eigenvalue weighted by molar-refractivity contribution is 7.81. The summed E-state index contributed by atoms with van der Waals surface area (Å²) < 4.78 is 9.95. The Morgan fingerprint density at radius 3 is 2.31 bits per heavy atom. The molecular formula is C27H26ClN3O7S. The van der Waals surface area contributed by atoms with Crippen molar-refractivity contribution in [3.05, 3.63) is 64.0 Å². The first kappa shape index (κ1) is 29.5. The Morgan fingerprint density at radius 2 is 1.69 bits per heavy atom. The average molecular weight is 572 g/mol. The zero-order chi connectivity index (χ0) is 28.9. The average Bonchev–Trinajstić information content (AvgIpc) is 3.05. The molecule has 12 heteroatoms. The van der Waals surface area contributed by atoms with Crippen LogP contribution in [0.1, 0.15) is 37.8 Å². The number of carboxylic acid groups (broad SMARTS) is 1. The molecule has 1 N–H and O–H groups in total. The minimum atomic E-state index is -1.11. The maximum absolute atomic E-state index is 13.5. The van der Waals surface area contributed by atoms with Gasteiger partial charge in [0.1, 0.15) is 18.8 Å². The van der Waals surface area contributed by atoms with Crippen molar-refractivity contribution < 1.29 is 33.8 Å². The van der Waals surface area contributed by atoms with Crippen LogP contribution >= 0.6 is 23.8 Å². The predicted octanol–water partition coefficient (Wildman–Crippen LogP) is 4.61. The Hall–Kier alpha value is -4.01. The number of amides is 1. The van der Waals surface area contributed by atoms with Gasteiger partial charge in [-0.05, 0) is 74.4 Å². The van der Waals surface area contributed by atoms with Crippen LogP contribution in [0.3, 0.4) is 0 Å². The number of benzene rings is 2. The Labute approximate surface area is 235 Å². The van der Waals surface area contributed by atoms with E-state index in [0.29, 0.717) is 27.6 Å². The van der Waals surface area contributed by atoms with Crippen LogP contribution in [0, 0.1) is 13.5 Å². The molecule has 1 heterocycles. The van der Waals surface area contributed by atoms with Gasteiger partial charge < -0.3 is 19.5 Å². The number of hydrogen-bond donors (Lipinski definition) is 1. The standard InChI is InChI=1S/C27H26ClN3O7S/c1-16-13-18(6-8-21(16)29-4)30-25(36)27(2,3)31(26(30)39)19-5-7-20(28)17(14-19)15-24(35)38-12-11-37-23(34)10-9-22(32)33/h5-8,13-14H,9-12,15H2,1-3H3,(H,32,33). The van der Waals surface area contributed by atoms with Crippen LogP contribution in [0.15, 0.2) is 36.4 Å². The molecule has 0 aromatic heterocycles. The summed E-state index contributed by atoms with van der Waals surface area (Å²) in [7, 11) is 0. The fourth-order valence-electron chi connectivity index (χ4n) is 3.99. The summed E-state index contributed by atoms with van der Waals surface area (Å²) in [6.07, 6.45) is -0.802. The first-order valence-electron chi connectivity index (χ1n) is 11.8. The number of ether oxygens (including phenoxy) is 2. The van der Waals surface area contributed by atoms with Crippen molar-refractivity contribution in [3.63, 3.8) is 0 Å². The van der Waals surface area contributed by atoms with E-state index in [-0.39, 0.29) is 43.5 Å². The molecule has 0 radical (unpaired) electrons. The first-order chi connectivity index (χ1) is 18.4. The minimum Gasteiger partial charge on any atom is -0.481 e. The Kier molecular flexibility index (Phi) is 9.27. The maximum Gasteiger partial charge on any atom is 0.310 e. The number of carbonyl (C=O) groups excluding carboxylic acids is 3. The number of hydrogen-bond acceptors (Lipinski definition) is 7. The largest absolute Gasteiger partial charge is 0.481 e. The minimum absolute atomic E-state index is 0.185. The van der Waals surface area contributed by atoms with E-state index in [9.17, 15) is 19.2 Å². The fourth-order valence-corrected chi connectivity index (χ4v) is 4.70. The summed E-state index contributed by atoms with van der Waals surface area (Å²) in [6, 6.07) is 10.0. The van der Waals surface area contributed by atoms with Crippen LogP contribution in [-0.4, -0.2) is 52.8 Å². The van der Waals surface area contributed by atoms with E-state index in [4.69, 9.17) is 45.0 Å². The lowest BCUT2D eigenvalue weighted by Gasteiger charge is -2.30. The molecule has 2 aromatic carbocycles. The van der Waals surface area contributed by atoms with Crippen LogP contribution in [0.4, 0.5) is 17.1 Å². The monoisotopic (exact) mass is 571 g/mol. The third-order valence-corrected chi connectivity index (χ3v) is 6.74. The van der Waals surface area contributed by atoms with Crippen molar-refractivity contribution in [2.24, 2.45) is 0 Å². The molecule has 1 aliphatic heterocycles. The van der Waals surface area contributed by atoms with Crippen molar-refractivity contribution in [2.75, 3.05) is 23.0 Å². The molecule has 39 heavy (non-hydrogen) atoms. The summed E-state index contributed by atoms with van der Waals surface area (Å²) in [6.45, 7) is 12.1. The molecule has 0 aliphatic carbocycles. The van der Waals surface area contributed by atoms with E-state index in [1.54, 1.807) is 62.1 Å². The van der Waals surface area contributed by atoms with Crippen LogP contribution in [-0.2, 0) is 35.1 Å². The molecule has 0 unspecified atom stereocenters. The number of anilines is 2. The highest BCUT2D eigenvalue weighted by atomic mass is 35.5. The predicted molar refractivity (Wildman–Crippen MR) is 148 cm³/mol. The van der Waals surface area contributed by atoms with Crippen LogP contribution in [0.5, 0.6) is 0 Å². The number of carboxylic acids is 1. The van der Waals surface area contributed by atoms with E-state index in [2.05, 4.69) is 4.85 Å². The number of esters is 2. The van der Waals surface area contributed by atoms with E-state index < -0.39 is 23.4 Å². The number of aliphatic carboxylic acids is 1. The van der Waals surface area contributed by atoms with E-state index in [1.165, 1.54) is 4.90 Å². The van der Waals surface area contributed by atoms with Crippen molar-refractivity contribution in [1.29, 1.82) is 0 Å². The van der Waals surface area contributed by atoms with Gasteiger partial charge in [-0.15, -0.1) is 0 Å². The molecule has 2 aromatic rings. The molecule has 1 amide bonds. The zero-order valence-electron chi connectivity index (χ0n) is 21.5. The molecule has 0 bridgehead atoms. The molecule has 0 atom stereocenters. The summed E-state index contributed by atoms with van der Waals surface area (Å²) in [5, 5.41) is 9.13. The molecule has 1 fully saturated rings. The van der Waals surface area contributed by atoms with Crippen LogP contribution in [0.25, 0.3) is 4.85 Å². The van der Waals surface area contributed by atoms with Gasteiger partial charge in [0.2, 0.25) is 0 Å². The zero-order valence-corrected chi connectivity index (χ0v) is 23.1. The first-order valence-corrected chi connectivity index (χ1v) is 12.6. The lowest BCUT2D eigenvalue weighted by molar-refractivity contribution is -0.153. The SMILES string of the molecule is [C-]#[N+]c1ccc(N2C(=O)C(C)(C)N(c3ccc(Cl)c(CC(=O)OCCOC(=O)CCC(=O)O)c3)C2=S)cc1C. The molecule has 0 saturated carbocycles. The molecule has 1 saturated heterocycles. The van der Waals surface area contributed by atoms with Crippen molar-refractivity contribution in [3.8, 4) is 0 Å². The highest BCUT2D eigenvalue weighted by Gasteiger charge is 2.50. The van der Waals surface area contributed by atoms with E-state index >= 15 is 0 Å². The third kappa shape index (κ3) is 6.71. The lowest BCUT2D eigenvalue weighted by Crippen LogP contribution is -2.44. The Balaban J connectivity index is 1.72. The van der Waals surface area contributed by atoms with E-state index in [1.807, 2.05) is 0 Å².